The fraction of sp³-hybridized carbons (Fsp3) is 0.182. The molecule has 7 rings (SSSR count). The first kappa shape index (κ1) is 25.1. The first-order valence-electron chi connectivity index (χ1n) is 12.9. The summed E-state index contributed by atoms with van der Waals surface area (Å²) in [6.45, 7) is 1.11. The van der Waals surface area contributed by atoms with E-state index in [9.17, 15) is 0 Å². The summed E-state index contributed by atoms with van der Waals surface area (Å²) in [5.41, 5.74) is 7.36. The predicted molar refractivity (Wildman–Crippen MR) is 146 cm³/mol. The van der Waals surface area contributed by atoms with Gasteiger partial charge in [0, 0.05) is 23.3 Å². The zero-order chi connectivity index (χ0) is 25.6. The predicted octanol–water partition coefficient (Wildman–Crippen LogP) is 3.28. The fourth-order valence-corrected chi connectivity index (χ4v) is 6.05. The number of hydrogen-bond donors (Lipinski definition) is 0. The van der Waals surface area contributed by atoms with E-state index in [0.717, 1.165) is 46.7 Å². The number of hydrogen-bond acceptors (Lipinski definition) is 4. The van der Waals surface area contributed by atoms with Crippen molar-refractivity contribution in [2.45, 2.75) is 18.9 Å². The average molecular weight is 538 g/mol. The van der Waals surface area contributed by atoms with Crippen LogP contribution in [0.15, 0.2) is 91.1 Å². The van der Waals surface area contributed by atoms with E-state index < -0.39 is 0 Å². The number of methoxy groups -OCH3 is 2. The Hall–Kier alpha value is -4.22. The molecule has 0 fully saturated rings. The molecule has 6 heteroatoms. The van der Waals surface area contributed by atoms with Gasteiger partial charge in [0.1, 0.15) is 0 Å². The van der Waals surface area contributed by atoms with Gasteiger partial charge in [0.05, 0.1) is 25.2 Å². The molecule has 0 saturated carbocycles. The lowest BCUT2D eigenvalue weighted by Crippen LogP contribution is -3.00. The third-order valence-corrected chi connectivity index (χ3v) is 7.73. The Bertz CT molecular complexity index is 1630. The van der Waals surface area contributed by atoms with Crippen LogP contribution in [0.2, 0.25) is 0 Å². The molecule has 2 aliphatic rings. The minimum atomic E-state index is -0.00294. The van der Waals surface area contributed by atoms with Gasteiger partial charge in [0.15, 0.2) is 35.7 Å². The SMILES string of the molecule is COc1ccc2c(C(c3ccccc3)c3ccccc3)c3[n+](cc2c1OC)CCc1cc2c(cc1-3)OCO2.[Cl-]. The van der Waals surface area contributed by atoms with Crippen LogP contribution in [0, 0.1) is 0 Å². The van der Waals surface area contributed by atoms with Gasteiger partial charge >= 0.3 is 0 Å². The summed E-state index contributed by atoms with van der Waals surface area (Å²) in [5.74, 6) is 3.09. The molecule has 0 saturated heterocycles. The highest BCUT2D eigenvalue weighted by atomic mass is 35.5. The summed E-state index contributed by atoms with van der Waals surface area (Å²) in [7, 11) is 3.40. The van der Waals surface area contributed by atoms with Gasteiger partial charge in [-0.25, -0.2) is 0 Å². The van der Waals surface area contributed by atoms with Gasteiger partial charge in [0.2, 0.25) is 12.5 Å². The Morgan fingerprint density at radius 2 is 1.44 bits per heavy atom. The molecule has 0 radical (unpaired) electrons. The number of aryl methyl sites for hydroxylation is 2. The first-order chi connectivity index (χ1) is 18.8. The molecule has 0 aliphatic carbocycles. The highest BCUT2D eigenvalue weighted by Crippen LogP contribution is 2.47. The fourth-order valence-electron chi connectivity index (χ4n) is 6.05. The molecule has 1 aromatic heterocycles. The number of ether oxygens (including phenoxy) is 4. The lowest BCUT2D eigenvalue weighted by atomic mass is 9.79. The Morgan fingerprint density at radius 3 is 2.08 bits per heavy atom. The van der Waals surface area contributed by atoms with E-state index in [1.165, 1.54) is 33.5 Å². The van der Waals surface area contributed by atoms with E-state index in [0.29, 0.717) is 0 Å². The van der Waals surface area contributed by atoms with Gasteiger partial charge in [-0.2, -0.15) is 4.57 Å². The zero-order valence-corrected chi connectivity index (χ0v) is 22.6. The molecule has 0 bridgehead atoms. The number of fused-ring (bicyclic) bond motifs is 5. The summed E-state index contributed by atoms with van der Waals surface area (Å²) >= 11 is 0. The van der Waals surface area contributed by atoms with E-state index >= 15 is 0 Å². The van der Waals surface area contributed by atoms with Crippen molar-refractivity contribution in [3.63, 3.8) is 0 Å². The molecule has 39 heavy (non-hydrogen) atoms. The summed E-state index contributed by atoms with van der Waals surface area (Å²) in [6, 6.07) is 30.0. The normalized spacial score (nSPS) is 13.0. The minimum absolute atomic E-state index is 0. The van der Waals surface area contributed by atoms with Gasteiger partial charge < -0.3 is 31.4 Å². The average Bonchev–Trinajstić information content (AvgIpc) is 3.43. The van der Waals surface area contributed by atoms with Crippen LogP contribution in [0.4, 0.5) is 0 Å². The smallest absolute Gasteiger partial charge is 0.231 e. The summed E-state index contributed by atoms with van der Waals surface area (Å²) in [6.07, 6.45) is 3.12. The van der Waals surface area contributed by atoms with Gasteiger partial charge in [-0.3, -0.25) is 0 Å². The molecular formula is C33H28ClNO4. The molecule has 0 unspecified atom stereocenters. The Morgan fingerprint density at radius 1 is 0.769 bits per heavy atom. The monoisotopic (exact) mass is 537 g/mol. The van der Waals surface area contributed by atoms with Crippen LogP contribution in [0.25, 0.3) is 22.0 Å². The Kier molecular flexibility index (Phi) is 6.53. The first-order valence-corrected chi connectivity index (χ1v) is 12.9. The van der Waals surface area contributed by atoms with Crippen molar-refractivity contribution >= 4 is 10.8 Å². The van der Waals surface area contributed by atoms with Crippen LogP contribution in [-0.2, 0) is 13.0 Å². The number of aromatic nitrogens is 1. The topological polar surface area (TPSA) is 40.8 Å². The molecule has 5 aromatic rings. The maximum Gasteiger partial charge on any atom is 0.231 e. The van der Waals surface area contributed by atoms with E-state index in [2.05, 4.69) is 89.6 Å². The third-order valence-electron chi connectivity index (χ3n) is 7.73. The second kappa shape index (κ2) is 10.2. The Balaban J connectivity index is 0.00000277. The van der Waals surface area contributed by atoms with Crippen molar-refractivity contribution in [2.24, 2.45) is 0 Å². The van der Waals surface area contributed by atoms with E-state index in [4.69, 9.17) is 18.9 Å². The third kappa shape index (κ3) is 4.05. The van der Waals surface area contributed by atoms with Gasteiger partial charge in [-0.05, 0) is 41.0 Å². The molecule has 4 aromatic carbocycles. The van der Waals surface area contributed by atoms with Crippen molar-refractivity contribution in [3.8, 4) is 34.3 Å². The van der Waals surface area contributed by atoms with E-state index in [-0.39, 0.29) is 25.1 Å². The molecule has 0 N–H and O–H groups in total. The number of pyridine rings is 1. The Labute approximate surface area is 233 Å². The molecule has 0 atom stereocenters. The lowest BCUT2D eigenvalue weighted by Gasteiger charge is -2.26. The standard InChI is InChI=1S/C33H28NO4.ClH/c1-35-27-14-13-24-26(33(27)36-2)19-34-16-15-23-17-28-29(38-20-37-28)18-25(23)32(34)31(24)30(21-9-5-3-6-10-21)22-11-7-4-8-12-22;/h3-14,17-19,30H,15-16,20H2,1-2H3;1H/q+1;/p-1. The van der Waals surface area contributed by atoms with Gasteiger partial charge in [0.25, 0.3) is 0 Å². The highest BCUT2D eigenvalue weighted by Gasteiger charge is 2.36. The zero-order valence-electron chi connectivity index (χ0n) is 21.8. The van der Waals surface area contributed by atoms with E-state index in [1.807, 2.05) is 6.07 Å². The second-order valence-corrected chi connectivity index (χ2v) is 9.71. The number of benzene rings is 4. The minimum Gasteiger partial charge on any atom is -1.00 e. The molecule has 2 aliphatic heterocycles. The number of halogens is 1. The quantitative estimate of drug-likeness (QED) is 0.323. The maximum atomic E-state index is 5.94. The lowest BCUT2D eigenvalue weighted by molar-refractivity contribution is -0.686. The van der Waals surface area contributed by atoms with E-state index in [1.54, 1.807) is 14.2 Å². The molecule has 196 valence electrons. The van der Waals surface area contributed by atoms with Gasteiger partial charge in [-0.1, -0.05) is 60.7 Å². The van der Waals surface area contributed by atoms with Crippen molar-refractivity contribution < 1.29 is 35.9 Å². The molecular weight excluding hydrogens is 510 g/mol. The largest absolute Gasteiger partial charge is 1.00 e. The van der Waals surface area contributed by atoms with Crippen LogP contribution in [0.3, 0.4) is 0 Å². The highest BCUT2D eigenvalue weighted by molar-refractivity contribution is 5.96. The van der Waals surface area contributed by atoms with Gasteiger partial charge in [-0.15, -0.1) is 0 Å². The molecule has 0 spiro atoms. The molecule has 3 heterocycles. The number of rotatable bonds is 5. The van der Waals surface area contributed by atoms with Crippen molar-refractivity contribution in [2.75, 3.05) is 21.0 Å². The molecule has 0 amide bonds. The van der Waals surface area contributed by atoms with Crippen molar-refractivity contribution in [3.05, 3.63) is 113 Å². The van der Waals surface area contributed by atoms with Crippen LogP contribution < -0.4 is 35.9 Å². The number of nitrogens with zero attached hydrogens (tertiary/aromatic N) is 1. The van der Waals surface area contributed by atoms with Crippen LogP contribution in [-0.4, -0.2) is 21.0 Å². The molecule has 5 nitrogen and oxygen atoms in total. The summed E-state index contributed by atoms with van der Waals surface area (Å²) < 4.78 is 25.6. The second-order valence-electron chi connectivity index (χ2n) is 9.71. The van der Waals surface area contributed by atoms with Crippen LogP contribution in [0.1, 0.15) is 28.2 Å². The van der Waals surface area contributed by atoms with Crippen molar-refractivity contribution in [1.29, 1.82) is 0 Å². The van der Waals surface area contributed by atoms with Crippen molar-refractivity contribution in [1.82, 2.24) is 0 Å². The summed E-state index contributed by atoms with van der Waals surface area (Å²) in [5, 5.41) is 2.17. The van der Waals surface area contributed by atoms with Crippen LogP contribution >= 0.6 is 0 Å². The van der Waals surface area contributed by atoms with Crippen LogP contribution in [0.5, 0.6) is 23.0 Å². The summed E-state index contributed by atoms with van der Waals surface area (Å²) in [4.78, 5) is 0. The maximum absolute atomic E-state index is 5.94.